The second-order valence-corrected chi connectivity index (χ2v) is 6.81. The van der Waals surface area contributed by atoms with Crippen molar-refractivity contribution in [2.45, 2.75) is 33.4 Å². The van der Waals surface area contributed by atoms with Gasteiger partial charge in [0.15, 0.2) is 5.13 Å². The summed E-state index contributed by atoms with van der Waals surface area (Å²) in [5.41, 5.74) is 1.29. The van der Waals surface area contributed by atoms with Crippen LogP contribution < -0.4 is 5.32 Å². The fourth-order valence-corrected chi connectivity index (χ4v) is 3.28. The predicted molar refractivity (Wildman–Crippen MR) is 85.3 cm³/mol. The average Bonchev–Trinajstić information content (AvgIpc) is 3.01. The molecule has 2 rings (SSSR count). The number of hydrogen-bond donors (Lipinski definition) is 1. The number of aryl methyl sites for hydroxylation is 1. The molecule has 2 heterocycles. The molecule has 0 aliphatic heterocycles. The molecule has 20 heavy (non-hydrogen) atoms. The molecule has 2 aromatic rings. The first-order valence-electron chi connectivity index (χ1n) is 6.52. The Morgan fingerprint density at radius 1 is 1.40 bits per heavy atom. The van der Waals surface area contributed by atoms with Gasteiger partial charge in [-0.1, -0.05) is 0 Å². The van der Waals surface area contributed by atoms with Crippen LogP contribution in [0.2, 0.25) is 0 Å². The predicted octanol–water partition coefficient (Wildman–Crippen LogP) is 3.36. The lowest BCUT2D eigenvalue weighted by atomic mass is 10.2. The molecule has 0 aromatic carbocycles. The number of amides is 1. The number of thiazole rings is 1. The number of rotatable bonds is 6. The van der Waals surface area contributed by atoms with Crippen LogP contribution in [0, 0.1) is 6.92 Å². The molecule has 0 fully saturated rings. The van der Waals surface area contributed by atoms with E-state index in [1.54, 1.807) is 17.5 Å². The van der Waals surface area contributed by atoms with Gasteiger partial charge in [0.1, 0.15) is 0 Å². The summed E-state index contributed by atoms with van der Waals surface area (Å²) in [5, 5.41) is 7.44. The Morgan fingerprint density at radius 3 is 2.75 bits per heavy atom. The van der Waals surface area contributed by atoms with Crippen LogP contribution in [-0.2, 0) is 11.3 Å². The average molecular weight is 309 g/mol. The maximum atomic E-state index is 12.1. The van der Waals surface area contributed by atoms with Crippen LogP contribution in [0.1, 0.15) is 24.3 Å². The Kier molecular flexibility index (Phi) is 5.28. The first-order chi connectivity index (χ1) is 9.56. The van der Waals surface area contributed by atoms with E-state index >= 15 is 0 Å². The summed E-state index contributed by atoms with van der Waals surface area (Å²) >= 11 is 3.18. The van der Waals surface area contributed by atoms with Gasteiger partial charge in [0.25, 0.3) is 0 Å². The number of carbonyl (C=O) groups excluding carboxylic acids is 1. The third-order valence-electron chi connectivity index (χ3n) is 3.07. The van der Waals surface area contributed by atoms with E-state index in [9.17, 15) is 4.79 Å². The highest BCUT2D eigenvalue weighted by molar-refractivity contribution is 7.13. The van der Waals surface area contributed by atoms with Crippen LogP contribution in [0.4, 0.5) is 5.13 Å². The number of thiophene rings is 1. The van der Waals surface area contributed by atoms with E-state index < -0.39 is 0 Å². The first-order valence-corrected chi connectivity index (χ1v) is 8.28. The van der Waals surface area contributed by atoms with Gasteiger partial charge in [-0.3, -0.25) is 9.69 Å². The minimum atomic E-state index is -0.0112. The molecule has 1 N–H and O–H groups in total. The Bertz CT molecular complexity index is 549. The normalized spacial score (nSPS) is 11.2. The summed E-state index contributed by atoms with van der Waals surface area (Å²) in [7, 11) is 0. The van der Waals surface area contributed by atoms with Gasteiger partial charge in [-0.15, -0.1) is 22.7 Å². The minimum Gasteiger partial charge on any atom is -0.301 e. The van der Waals surface area contributed by atoms with Crippen LogP contribution in [0.5, 0.6) is 0 Å². The van der Waals surface area contributed by atoms with Gasteiger partial charge in [0, 0.05) is 29.0 Å². The molecule has 6 heteroatoms. The van der Waals surface area contributed by atoms with Crippen molar-refractivity contribution >= 4 is 33.7 Å². The first kappa shape index (κ1) is 15.2. The number of carbonyl (C=O) groups is 1. The van der Waals surface area contributed by atoms with Gasteiger partial charge in [0.05, 0.1) is 6.54 Å². The van der Waals surface area contributed by atoms with Crippen molar-refractivity contribution in [1.82, 2.24) is 9.88 Å². The summed E-state index contributed by atoms with van der Waals surface area (Å²) in [6, 6.07) is 2.44. The summed E-state index contributed by atoms with van der Waals surface area (Å²) in [6.07, 6.45) is 1.69. The molecule has 4 nitrogen and oxygen atoms in total. The molecule has 0 saturated heterocycles. The van der Waals surface area contributed by atoms with Gasteiger partial charge in [-0.2, -0.15) is 0 Å². The van der Waals surface area contributed by atoms with Gasteiger partial charge >= 0.3 is 0 Å². The number of nitrogens with zero attached hydrogens (tertiary/aromatic N) is 2. The maximum Gasteiger partial charge on any atom is 0.240 e. The van der Waals surface area contributed by atoms with E-state index in [4.69, 9.17) is 0 Å². The van der Waals surface area contributed by atoms with E-state index in [0.717, 1.165) is 6.54 Å². The maximum absolute atomic E-state index is 12.1. The molecule has 0 atom stereocenters. The van der Waals surface area contributed by atoms with E-state index in [1.807, 2.05) is 5.38 Å². The summed E-state index contributed by atoms with van der Waals surface area (Å²) in [4.78, 5) is 19.6. The highest BCUT2D eigenvalue weighted by atomic mass is 32.1. The lowest BCUT2D eigenvalue weighted by Crippen LogP contribution is -2.37. The smallest absolute Gasteiger partial charge is 0.240 e. The van der Waals surface area contributed by atoms with E-state index in [0.29, 0.717) is 17.7 Å². The van der Waals surface area contributed by atoms with Gasteiger partial charge in [0.2, 0.25) is 5.91 Å². The molecule has 2 aromatic heterocycles. The highest BCUT2D eigenvalue weighted by Crippen LogP contribution is 2.19. The number of anilines is 1. The number of aromatic nitrogens is 1. The lowest BCUT2D eigenvalue weighted by Gasteiger charge is -2.25. The quantitative estimate of drug-likeness (QED) is 0.890. The third-order valence-corrected chi connectivity index (χ3v) is 4.77. The van der Waals surface area contributed by atoms with Crippen molar-refractivity contribution in [3.05, 3.63) is 33.5 Å². The van der Waals surface area contributed by atoms with Crippen molar-refractivity contribution < 1.29 is 4.79 Å². The number of hydrogen-bond acceptors (Lipinski definition) is 5. The van der Waals surface area contributed by atoms with Crippen LogP contribution in [0.25, 0.3) is 0 Å². The Morgan fingerprint density at radius 2 is 2.20 bits per heavy atom. The molecule has 0 unspecified atom stereocenters. The molecular formula is C14H19N3OS2. The number of nitrogens with one attached hydrogen (secondary N) is 1. The topological polar surface area (TPSA) is 45.2 Å². The summed E-state index contributed by atoms with van der Waals surface area (Å²) < 4.78 is 0. The van der Waals surface area contributed by atoms with E-state index in [2.05, 4.69) is 47.4 Å². The van der Waals surface area contributed by atoms with E-state index in [-0.39, 0.29) is 5.91 Å². The monoisotopic (exact) mass is 309 g/mol. The van der Waals surface area contributed by atoms with Crippen molar-refractivity contribution in [3.63, 3.8) is 0 Å². The van der Waals surface area contributed by atoms with Gasteiger partial charge in [-0.25, -0.2) is 4.98 Å². The molecule has 0 aliphatic carbocycles. The van der Waals surface area contributed by atoms with Crippen LogP contribution in [-0.4, -0.2) is 28.4 Å². The second-order valence-electron chi connectivity index (χ2n) is 4.91. The van der Waals surface area contributed by atoms with Gasteiger partial charge in [-0.05, 0) is 37.8 Å². The summed E-state index contributed by atoms with van der Waals surface area (Å²) in [5.74, 6) is -0.0112. The minimum absolute atomic E-state index is 0.0112. The molecule has 0 aliphatic rings. The van der Waals surface area contributed by atoms with E-state index in [1.165, 1.54) is 21.8 Å². The van der Waals surface area contributed by atoms with Crippen molar-refractivity contribution in [2.75, 3.05) is 11.9 Å². The standard InChI is InChI=1S/C14H19N3OS2/c1-10(2)17(8-12-11(3)4-6-19-12)9-13(18)16-14-15-5-7-20-14/h4-7,10H,8-9H2,1-3H3,(H,15,16,18). The van der Waals surface area contributed by atoms with Crippen molar-refractivity contribution in [3.8, 4) is 0 Å². The fourth-order valence-electron chi connectivity index (χ4n) is 1.80. The highest BCUT2D eigenvalue weighted by Gasteiger charge is 2.16. The fraction of sp³-hybridized carbons (Fsp3) is 0.429. The molecule has 0 bridgehead atoms. The molecule has 0 radical (unpaired) electrons. The van der Waals surface area contributed by atoms with Gasteiger partial charge < -0.3 is 5.32 Å². The Labute approximate surface area is 127 Å². The van der Waals surface area contributed by atoms with Crippen LogP contribution >= 0.6 is 22.7 Å². The Balaban J connectivity index is 1.95. The summed E-state index contributed by atoms with van der Waals surface area (Å²) in [6.45, 7) is 7.53. The molecule has 1 amide bonds. The largest absolute Gasteiger partial charge is 0.301 e. The van der Waals surface area contributed by atoms with Crippen LogP contribution in [0.15, 0.2) is 23.0 Å². The van der Waals surface area contributed by atoms with Crippen LogP contribution in [0.3, 0.4) is 0 Å². The van der Waals surface area contributed by atoms with Crippen molar-refractivity contribution in [1.29, 1.82) is 0 Å². The molecule has 0 saturated carbocycles. The Hall–Kier alpha value is -1.24. The molecule has 108 valence electrons. The third kappa shape index (κ3) is 4.13. The zero-order valence-electron chi connectivity index (χ0n) is 11.9. The van der Waals surface area contributed by atoms with Crippen molar-refractivity contribution in [2.24, 2.45) is 0 Å². The lowest BCUT2D eigenvalue weighted by molar-refractivity contribution is -0.117. The zero-order chi connectivity index (χ0) is 14.5. The SMILES string of the molecule is Cc1ccsc1CN(CC(=O)Nc1nccs1)C(C)C. The molecule has 0 spiro atoms. The zero-order valence-corrected chi connectivity index (χ0v) is 13.6. The molecular weight excluding hydrogens is 290 g/mol. The second kappa shape index (κ2) is 6.97.